The Kier molecular flexibility index (Phi) is 9.82. The number of para-hydroxylation sites is 2. The summed E-state index contributed by atoms with van der Waals surface area (Å²) in [5.74, 6) is 0. The summed E-state index contributed by atoms with van der Waals surface area (Å²) in [6.07, 6.45) is -1.08. The summed E-state index contributed by atoms with van der Waals surface area (Å²) in [6.45, 7) is 10.9. The van der Waals surface area contributed by atoms with Crippen molar-refractivity contribution >= 4 is 49.3 Å². The van der Waals surface area contributed by atoms with E-state index in [1.807, 2.05) is 138 Å². The monoisotopic (exact) mass is 897 g/mol. The highest BCUT2D eigenvalue weighted by molar-refractivity contribution is 6.13. The van der Waals surface area contributed by atoms with E-state index in [4.69, 9.17) is 0 Å². The number of aromatic nitrogens is 4. The van der Waals surface area contributed by atoms with Crippen LogP contribution in [0.15, 0.2) is 213 Å². The molecule has 328 valence electrons. The number of fused-ring (bicyclic) bond motifs is 6. The van der Waals surface area contributed by atoms with Crippen molar-refractivity contribution in [2.75, 3.05) is 0 Å². The lowest BCUT2D eigenvalue weighted by Gasteiger charge is -2.23. The first kappa shape index (κ1) is 41.4. The lowest BCUT2D eigenvalue weighted by Crippen LogP contribution is -2.10. The van der Waals surface area contributed by atoms with Crippen LogP contribution >= 0.6 is 0 Å². The maximum absolute atomic E-state index is 15.3. The number of rotatable bonds is 7. The molecule has 5 nitrogen and oxygen atoms in total. The quantitative estimate of drug-likeness (QED) is 0.150. The molecule has 0 N–H and O–H groups in total. The van der Waals surface area contributed by atoms with Gasteiger partial charge in [0.05, 0.1) is 57.0 Å². The van der Waals surface area contributed by atoms with E-state index in [0.717, 1.165) is 94.4 Å². The molecule has 4 aromatic heterocycles. The standard InChI is InChI=1S/C61H38F3N5/c1-38-14-13-21-50(61(62,63)64)58(38)49-28-29-55(68-53-22-11-9-19-45(53)47-26-24-41(36-56(47)68)43-30-32-66-51(34-43)39-15-5-3-6-16-39)59(65-2)60(49)69-54-23-12-10-20-46(54)48-27-25-42(37-57(48)69)44-31-33-67-52(35-44)40-17-7-4-8-18-40/h3-37H,1H3. The van der Waals surface area contributed by atoms with Crippen LogP contribution in [-0.4, -0.2) is 19.1 Å². The SMILES string of the molecule is [C-]#[N+]c1c(-n2c3ccccc3c3ccc(-c4ccnc(-c5ccccc5)c4)cc32)ccc(-c2c(C)cccc2C(F)(F)F)c1-n1c2ccccc2c2ccc(-c3ccnc(-c4ccccc4)c3)cc21. The van der Waals surface area contributed by atoms with E-state index in [9.17, 15) is 6.57 Å². The molecule has 0 bridgehead atoms. The Morgan fingerprint density at radius 3 is 1.49 bits per heavy atom. The molecule has 0 aliphatic heterocycles. The van der Waals surface area contributed by atoms with E-state index in [0.29, 0.717) is 22.5 Å². The predicted octanol–water partition coefficient (Wildman–Crippen LogP) is 16.9. The summed E-state index contributed by atoms with van der Waals surface area (Å²) < 4.78 is 50.1. The van der Waals surface area contributed by atoms with Crippen LogP contribution in [0.1, 0.15) is 11.1 Å². The highest BCUT2D eigenvalue weighted by atomic mass is 19.4. The maximum Gasteiger partial charge on any atom is 0.417 e. The number of halogens is 3. The molecule has 69 heavy (non-hydrogen) atoms. The molecule has 0 aliphatic rings. The average Bonchev–Trinajstić information content (AvgIpc) is 3.90. The van der Waals surface area contributed by atoms with Crippen LogP contribution in [0.3, 0.4) is 0 Å². The van der Waals surface area contributed by atoms with E-state index in [1.165, 1.54) is 6.07 Å². The molecule has 12 aromatic rings. The van der Waals surface area contributed by atoms with Gasteiger partial charge in [-0.05, 0) is 107 Å². The third-order valence-electron chi connectivity index (χ3n) is 13.2. The van der Waals surface area contributed by atoms with Crippen LogP contribution in [0.25, 0.3) is 116 Å². The predicted molar refractivity (Wildman–Crippen MR) is 274 cm³/mol. The number of nitrogens with zero attached hydrogens (tertiary/aromatic N) is 5. The number of aryl methyl sites for hydroxylation is 1. The molecule has 0 radical (unpaired) electrons. The number of benzene rings is 8. The van der Waals surface area contributed by atoms with Gasteiger partial charge in [-0.25, -0.2) is 4.85 Å². The molecule has 0 saturated carbocycles. The molecule has 0 unspecified atom stereocenters. The molecular weight excluding hydrogens is 860 g/mol. The Balaban J connectivity index is 1.17. The van der Waals surface area contributed by atoms with Crippen molar-refractivity contribution in [3.63, 3.8) is 0 Å². The number of alkyl halides is 3. The molecular formula is C61H38F3N5. The number of hydrogen-bond donors (Lipinski definition) is 0. The smallest absolute Gasteiger partial charge is 0.319 e. The lowest BCUT2D eigenvalue weighted by molar-refractivity contribution is -0.137. The Bertz CT molecular complexity index is 4030. The van der Waals surface area contributed by atoms with Gasteiger partial charge in [-0.1, -0.05) is 140 Å². The fourth-order valence-corrected chi connectivity index (χ4v) is 10.1. The second kappa shape index (κ2) is 16.4. The van der Waals surface area contributed by atoms with E-state index in [-0.39, 0.29) is 11.3 Å². The largest absolute Gasteiger partial charge is 0.417 e. The third-order valence-corrected chi connectivity index (χ3v) is 13.2. The van der Waals surface area contributed by atoms with E-state index in [2.05, 4.69) is 67.9 Å². The van der Waals surface area contributed by atoms with Gasteiger partial charge < -0.3 is 9.13 Å². The van der Waals surface area contributed by atoms with E-state index >= 15 is 13.2 Å². The zero-order valence-corrected chi connectivity index (χ0v) is 37.1. The minimum Gasteiger partial charge on any atom is -0.319 e. The molecule has 4 heterocycles. The van der Waals surface area contributed by atoms with Crippen molar-refractivity contribution in [2.45, 2.75) is 13.1 Å². The highest BCUT2D eigenvalue weighted by Crippen LogP contribution is 2.49. The van der Waals surface area contributed by atoms with Gasteiger partial charge in [-0.15, -0.1) is 0 Å². The van der Waals surface area contributed by atoms with Crippen molar-refractivity contribution in [1.82, 2.24) is 19.1 Å². The summed E-state index contributed by atoms with van der Waals surface area (Å²) >= 11 is 0. The van der Waals surface area contributed by atoms with Gasteiger partial charge in [0.1, 0.15) is 0 Å². The van der Waals surface area contributed by atoms with Crippen LogP contribution < -0.4 is 0 Å². The Hall–Kier alpha value is -9.06. The zero-order valence-electron chi connectivity index (χ0n) is 37.1. The molecule has 0 spiro atoms. The molecule has 0 aliphatic carbocycles. The topological polar surface area (TPSA) is 40.0 Å². The van der Waals surface area contributed by atoms with Gasteiger partial charge in [0.25, 0.3) is 0 Å². The molecule has 0 atom stereocenters. The minimum atomic E-state index is -4.68. The first-order chi connectivity index (χ1) is 33.7. The molecule has 12 rings (SSSR count). The van der Waals surface area contributed by atoms with Gasteiger partial charge in [0.15, 0.2) is 0 Å². The van der Waals surface area contributed by atoms with Crippen LogP contribution in [0.5, 0.6) is 0 Å². The van der Waals surface area contributed by atoms with Crippen molar-refractivity contribution in [1.29, 1.82) is 0 Å². The van der Waals surface area contributed by atoms with E-state index < -0.39 is 11.7 Å². The van der Waals surface area contributed by atoms with Crippen molar-refractivity contribution < 1.29 is 13.2 Å². The Morgan fingerprint density at radius 2 is 0.942 bits per heavy atom. The van der Waals surface area contributed by atoms with Gasteiger partial charge in [-0.2, -0.15) is 13.2 Å². The zero-order chi connectivity index (χ0) is 46.8. The van der Waals surface area contributed by atoms with Crippen molar-refractivity contribution in [3.05, 3.63) is 235 Å². The normalized spacial score (nSPS) is 11.8. The second-order valence-corrected chi connectivity index (χ2v) is 17.2. The van der Waals surface area contributed by atoms with Gasteiger partial charge >= 0.3 is 6.18 Å². The lowest BCUT2D eigenvalue weighted by atomic mass is 9.92. The summed E-state index contributed by atoms with van der Waals surface area (Å²) in [4.78, 5) is 13.7. The summed E-state index contributed by atoms with van der Waals surface area (Å²) in [7, 11) is 0. The van der Waals surface area contributed by atoms with Crippen LogP contribution in [-0.2, 0) is 6.18 Å². The van der Waals surface area contributed by atoms with Crippen LogP contribution in [0.4, 0.5) is 18.9 Å². The summed E-state index contributed by atoms with van der Waals surface area (Å²) in [6, 6.07) is 64.5. The first-order valence-corrected chi connectivity index (χ1v) is 22.6. The van der Waals surface area contributed by atoms with Gasteiger partial charge in [0.2, 0.25) is 5.69 Å². The van der Waals surface area contributed by atoms with Crippen molar-refractivity contribution in [2.24, 2.45) is 0 Å². The van der Waals surface area contributed by atoms with Gasteiger partial charge in [0, 0.05) is 45.1 Å². The summed E-state index contributed by atoms with van der Waals surface area (Å²) in [5.41, 5.74) is 11.7. The summed E-state index contributed by atoms with van der Waals surface area (Å²) in [5, 5.41) is 3.75. The molecule has 8 aromatic carbocycles. The fourth-order valence-electron chi connectivity index (χ4n) is 10.1. The average molecular weight is 898 g/mol. The van der Waals surface area contributed by atoms with Gasteiger partial charge in [-0.3, -0.25) is 9.97 Å². The molecule has 0 saturated heterocycles. The van der Waals surface area contributed by atoms with E-state index in [1.54, 1.807) is 25.3 Å². The third kappa shape index (κ3) is 6.94. The maximum atomic E-state index is 15.3. The fraction of sp³-hybridized carbons (Fsp3) is 0.0328. The Morgan fingerprint density at radius 1 is 0.449 bits per heavy atom. The molecule has 0 fully saturated rings. The number of pyridine rings is 2. The molecule has 8 heteroatoms. The first-order valence-electron chi connectivity index (χ1n) is 22.6. The van der Waals surface area contributed by atoms with Crippen molar-refractivity contribution in [3.8, 4) is 67.3 Å². The second-order valence-electron chi connectivity index (χ2n) is 17.2. The Labute approximate surface area is 395 Å². The molecule has 0 amide bonds. The number of hydrogen-bond acceptors (Lipinski definition) is 2. The minimum absolute atomic E-state index is 0.0246. The highest BCUT2D eigenvalue weighted by Gasteiger charge is 2.36. The van der Waals surface area contributed by atoms with Crippen LogP contribution in [0.2, 0.25) is 0 Å². The van der Waals surface area contributed by atoms with Crippen LogP contribution in [0, 0.1) is 13.5 Å².